The van der Waals surface area contributed by atoms with E-state index in [1.165, 1.54) is 11.8 Å². The van der Waals surface area contributed by atoms with Gasteiger partial charge in [0.2, 0.25) is 5.91 Å². The number of carbonyl (C=O) groups excluding carboxylic acids is 1. The highest BCUT2D eigenvalue weighted by Gasteiger charge is 2.21. The minimum Gasteiger partial charge on any atom is -0.467 e. The van der Waals surface area contributed by atoms with Crippen molar-refractivity contribution in [2.24, 2.45) is 0 Å². The monoisotopic (exact) mass is 418 g/mol. The molecule has 0 radical (unpaired) electrons. The molecule has 2 aromatic heterocycles. The van der Waals surface area contributed by atoms with E-state index in [0.29, 0.717) is 11.7 Å². The number of benzene rings is 2. The topological polar surface area (TPSA) is 73.0 Å². The fourth-order valence-electron chi connectivity index (χ4n) is 3.05. The van der Waals surface area contributed by atoms with E-state index in [2.05, 4.69) is 21.6 Å². The van der Waals surface area contributed by atoms with Gasteiger partial charge in [-0.3, -0.25) is 9.36 Å². The minimum absolute atomic E-state index is 0.0872. The van der Waals surface area contributed by atoms with Crippen molar-refractivity contribution in [3.8, 4) is 11.4 Å². The van der Waals surface area contributed by atoms with Crippen molar-refractivity contribution in [1.29, 1.82) is 0 Å². The van der Waals surface area contributed by atoms with Crippen molar-refractivity contribution in [2.45, 2.75) is 30.8 Å². The minimum atomic E-state index is -0.352. The van der Waals surface area contributed by atoms with Gasteiger partial charge in [0.25, 0.3) is 0 Å². The number of aryl methyl sites for hydroxylation is 1. The summed E-state index contributed by atoms with van der Waals surface area (Å²) in [6.07, 6.45) is 1.65. The smallest absolute Gasteiger partial charge is 0.237 e. The molecular formula is C23H22N4O2S. The summed E-state index contributed by atoms with van der Waals surface area (Å²) in [7, 11) is 0. The lowest BCUT2D eigenvalue weighted by molar-refractivity contribution is -0.115. The summed E-state index contributed by atoms with van der Waals surface area (Å²) in [4.78, 5) is 12.7. The van der Waals surface area contributed by atoms with Gasteiger partial charge >= 0.3 is 0 Å². The summed E-state index contributed by atoms with van der Waals surface area (Å²) in [5, 5.41) is 12.1. The lowest BCUT2D eigenvalue weighted by Gasteiger charge is -2.13. The molecule has 4 aromatic rings. The fraction of sp³-hybridized carbons (Fsp3) is 0.174. The summed E-state index contributed by atoms with van der Waals surface area (Å²) < 4.78 is 7.53. The number of hydrogen-bond donors (Lipinski definition) is 1. The Morgan fingerprint density at radius 2 is 1.93 bits per heavy atom. The number of anilines is 1. The molecule has 152 valence electrons. The molecule has 0 bridgehead atoms. The van der Waals surface area contributed by atoms with Crippen LogP contribution in [-0.4, -0.2) is 25.9 Å². The largest absolute Gasteiger partial charge is 0.467 e. The SMILES string of the molecule is Cc1cccc(-c2nnc(S[C@@H](C)C(=O)Nc3ccccc3)n2Cc2ccco2)c1. The number of para-hydroxylation sites is 1. The molecule has 6 nitrogen and oxygen atoms in total. The average Bonchev–Trinajstić information content (AvgIpc) is 3.39. The van der Waals surface area contributed by atoms with Crippen LogP contribution < -0.4 is 5.32 Å². The van der Waals surface area contributed by atoms with E-state index in [1.807, 2.05) is 79.1 Å². The third-order valence-corrected chi connectivity index (χ3v) is 5.66. The van der Waals surface area contributed by atoms with Crippen LogP contribution in [0.1, 0.15) is 18.2 Å². The van der Waals surface area contributed by atoms with E-state index >= 15 is 0 Å². The predicted octanol–water partition coefficient (Wildman–Crippen LogP) is 5.01. The Balaban J connectivity index is 1.60. The molecule has 2 heterocycles. The van der Waals surface area contributed by atoms with E-state index in [-0.39, 0.29) is 11.2 Å². The van der Waals surface area contributed by atoms with E-state index < -0.39 is 0 Å². The van der Waals surface area contributed by atoms with Crippen LogP contribution in [0.15, 0.2) is 82.6 Å². The zero-order valence-corrected chi connectivity index (χ0v) is 17.6. The molecular weight excluding hydrogens is 396 g/mol. The first-order valence-corrected chi connectivity index (χ1v) is 10.5. The van der Waals surface area contributed by atoms with Crippen LogP contribution in [0.3, 0.4) is 0 Å². The van der Waals surface area contributed by atoms with Crippen LogP contribution in [0.2, 0.25) is 0 Å². The molecule has 0 fully saturated rings. The Kier molecular flexibility index (Phi) is 5.99. The van der Waals surface area contributed by atoms with Gasteiger partial charge in [0, 0.05) is 11.3 Å². The first kappa shape index (κ1) is 20.0. The highest BCUT2D eigenvalue weighted by Crippen LogP contribution is 2.28. The normalized spacial score (nSPS) is 11.9. The van der Waals surface area contributed by atoms with Gasteiger partial charge in [-0.05, 0) is 44.2 Å². The second-order valence-corrected chi connectivity index (χ2v) is 8.26. The van der Waals surface area contributed by atoms with Crippen molar-refractivity contribution in [3.63, 3.8) is 0 Å². The fourth-order valence-corrected chi connectivity index (χ4v) is 3.90. The van der Waals surface area contributed by atoms with E-state index in [9.17, 15) is 4.79 Å². The molecule has 0 aliphatic carbocycles. The van der Waals surface area contributed by atoms with Crippen molar-refractivity contribution in [1.82, 2.24) is 14.8 Å². The Hall–Kier alpha value is -3.32. The average molecular weight is 419 g/mol. The quantitative estimate of drug-likeness (QED) is 0.427. The summed E-state index contributed by atoms with van der Waals surface area (Å²) in [5.74, 6) is 1.45. The molecule has 0 spiro atoms. The van der Waals surface area contributed by atoms with Gasteiger partial charge in [-0.2, -0.15) is 0 Å². The van der Waals surface area contributed by atoms with Crippen LogP contribution >= 0.6 is 11.8 Å². The van der Waals surface area contributed by atoms with Gasteiger partial charge < -0.3 is 9.73 Å². The van der Waals surface area contributed by atoms with Crippen molar-refractivity contribution < 1.29 is 9.21 Å². The number of aromatic nitrogens is 3. The second-order valence-electron chi connectivity index (χ2n) is 6.96. The van der Waals surface area contributed by atoms with E-state index in [1.54, 1.807) is 6.26 Å². The van der Waals surface area contributed by atoms with Crippen LogP contribution in [-0.2, 0) is 11.3 Å². The molecule has 0 saturated heterocycles. The number of nitrogens with one attached hydrogen (secondary N) is 1. The molecule has 30 heavy (non-hydrogen) atoms. The maximum Gasteiger partial charge on any atom is 0.237 e. The molecule has 1 amide bonds. The molecule has 0 unspecified atom stereocenters. The maximum atomic E-state index is 12.7. The summed E-state index contributed by atoms with van der Waals surface area (Å²) in [5.41, 5.74) is 2.89. The van der Waals surface area contributed by atoms with E-state index in [0.717, 1.165) is 28.4 Å². The highest BCUT2D eigenvalue weighted by molar-refractivity contribution is 8.00. The molecule has 4 rings (SSSR count). The van der Waals surface area contributed by atoms with Gasteiger partial charge in [-0.25, -0.2) is 0 Å². The molecule has 0 aliphatic heterocycles. The summed E-state index contributed by atoms with van der Waals surface area (Å²) in [6, 6.07) is 21.3. The zero-order valence-electron chi connectivity index (χ0n) is 16.8. The Labute approximate surface area is 179 Å². The molecule has 0 saturated carbocycles. The number of carbonyl (C=O) groups is 1. The van der Waals surface area contributed by atoms with Gasteiger partial charge in [0.05, 0.1) is 18.1 Å². The first-order chi connectivity index (χ1) is 14.6. The summed E-state index contributed by atoms with van der Waals surface area (Å²) in [6.45, 7) is 4.39. The van der Waals surface area contributed by atoms with Crippen LogP contribution in [0.5, 0.6) is 0 Å². The summed E-state index contributed by atoms with van der Waals surface area (Å²) >= 11 is 1.37. The van der Waals surface area contributed by atoms with Gasteiger partial charge in [-0.1, -0.05) is 53.7 Å². The Morgan fingerprint density at radius 1 is 1.10 bits per heavy atom. The Bertz CT molecular complexity index is 1120. The number of hydrogen-bond acceptors (Lipinski definition) is 5. The van der Waals surface area contributed by atoms with Crippen LogP contribution in [0.4, 0.5) is 5.69 Å². The lowest BCUT2D eigenvalue weighted by atomic mass is 10.1. The third kappa shape index (κ3) is 4.63. The predicted molar refractivity (Wildman–Crippen MR) is 118 cm³/mol. The molecule has 2 aromatic carbocycles. The van der Waals surface area contributed by atoms with E-state index in [4.69, 9.17) is 4.42 Å². The van der Waals surface area contributed by atoms with Crippen molar-refractivity contribution in [2.75, 3.05) is 5.32 Å². The lowest BCUT2D eigenvalue weighted by Crippen LogP contribution is -2.23. The van der Waals surface area contributed by atoms with Gasteiger partial charge in [0.15, 0.2) is 11.0 Å². The zero-order chi connectivity index (χ0) is 20.9. The third-order valence-electron chi connectivity index (χ3n) is 4.58. The molecule has 1 atom stereocenters. The highest BCUT2D eigenvalue weighted by atomic mass is 32.2. The standard InChI is InChI=1S/C23H22N4O2S/c1-16-8-6-9-18(14-16)21-25-26-23(27(21)15-20-12-7-13-29-20)30-17(2)22(28)24-19-10-4-3-5-11-19/h3-14,17H,15H2,1-2H3,(H,24,28)/t17-/m0/s1. The van der Waals surface area contributed by atoms with Gasteiger partial charge in [0.1, 0.15) is 5.76 Å². The molecule has 7 heteroatoms. The molecule has 0 aliphatic rings. The van der Waals surface area contributed by atoms with Crippen molar-refractivity contribution in [3.05, 3.63) is 84.3 Å². The van der Waals surface area contributed by atoms with Crippen LogP contribution in [0, 0.1) is 6.92 Å². The number of nitrogens with zero attached hydrogens (tertiary/aromatic N) is 3. The van der Waals surface area contributed by atoms with Crippen molar-refractivity contribution >= 4 is 23.4 Å². The van der Waals surface area contributed by atoms with Crippen LogP contribution in [0.25, 0.3) is 11.4 Å². The number of thioether (sulfide) groups is 1. The Morgan fingerprint density at radius 3 is 2.67 bits per heavy atom. The first-order valence-electron chi connectivity index (χ1n) is 9.65. The number of furan rings is 1. The maximum absolute atomic E-state index is 12.7. The number of amides is 1. The number of rotatable bonds is 7. The molecule has 1 N–H and O–H groups in total. The second kappa shape index (κ2) is 9.00. The van der Waals surface area contributed by atoms with Gasteiger partial charge in [-0.15, -0.1) is 10.2 Å².